The SMILES string of the molecule is C=C1CCC(C(=O)OCC)c2cc(Cl)ccc2N1C(=O)c1ccc(NC(=O)c2ccccc2C)cc1C. The molecule has 1 aliphatic rings. The average Bonchev–Trinajstić information content (AvgIpc) is 2.99. The van der Waals surface area contributed by atoms with Gasteiger partial charge < -0.3 is 10.1 Å². The molecule has 2 amide bonds. The number of halogens is 1. The number of hydrogen-bond donors (Lipinski definition) is 1. The molecule has 3 aromatic rings. The number of allylic oxidation sites excluding steroid dienone is 1. The van der Waals surface area contributed by atoms with Gasteiger partial charge in [0, 0.05) is 27.5 Å². The molecular formula is C30H29ClN2O4. The molecule has 37 heavy (non-hydrogen) atoms. The molecule has 1 atom stereocenters. The van der Waals surface area contributed by atoms with Gasteiger partial charge in [0.1, 0.15) is 0 Å². The monoisotopic (exact) mass is 516 g/mol. The summed E-state index contributed by atoms with van der Waals surface area (Å²) < 4.78 is 5.30. The van der Waals surface area contributed by atoms with E-state index in [2.05, 4.69) is 11.9 Å². The van der Waals surface area contributed by atoms with E-state index in [9.17, 15) is 14.4 Å². The van der Waals surface area contributed by atoms with Crippen molar-refractivity contribution in [1.29, 1.82) is 0 Å². The maximum atomic E-state index is 13.9. The first-order valence-corrected chi connectivity index (χ1v) is 12.5. The quantitative estimate of drug-likeness (QED) is 0.378. The van der Waals surface area contributed by atoms with Crippen LogP contribution in [0.2, 0.25) is 5.02 Å². The fourth-order valence-electron chi connectivity index (χ4n) is 4.63. The normalized spacial score (nSPS) is 15.0. The highest BCUT2D eigenvalue weighted by molar-refractivity contribution is 6.30. The van der Waals surface area contributed by atoms with Crippen LogP contribution in [0.3, 0.4) is 0 Å². The molecule has 0 aliphatic carbocycles. The second-order valence-electron chi connectivity index (χ2n) is 9.05. The molecule has 190 valence electrons. The second-order valence-corrected chi connectivity index (χ2v) is 9.49. The summed E-state index contributed by atoms with van der Waals surface area (Å²) in [6, 6.07) is 17.7. The third-order valence-corrected chi connectivity index (χ3v) is 6.76. The van der Waals surface area contributed by atoms with Crippen LogP contribution in [0, 0.1) is 13.8 Å². The zero-order valence-electron chi connectivity index (χ0n) is 21.1. The predicted molar refractivity (Wildman–Crippen MR) is 146 cm³/mol. The van der Waals surface area contributed by atoms with Gasteiger partial charge in [-0.1, -0.05) is 36.4 Å². The van der Waals surface area contributed by atoms with Gasteiger partial charge in [-0.25, -0.2) is 0 Å². The Bertz CT molecular complexity index is 1400. The van der Waals surface area contributed by atoms with Gasteiger partial charge in [0.15, 0.2) is 0 Å². The number of carbonyl (C=O) groups is 3. The minimum Gasteiger partial charge on any atom is -0.466 e. The van der Waals surface area contributed by atoms with Crippen LogP contribution in [0.25, 0.3) is 0 Å². The molecule has 0 saturated heterocycles. The molecule has 0 spiro atoms. The summed E-state index contributed by atoms with van der Waals surface area (Å²) in [6.07, 6.45) is 0.892. The number of hydrogen-bond acceptors (Lipinski definition) is 4. The topological polar surface area (TPSA) is 75.7 Å². The lowest BCUT2D eigenvalue weighted by Gasteiger charge is -2.26. The number of ether oxygens (including phenoxy) is 1. The van der Waals surface area contributed by atoms with Gasteiger partial charge in [-0.15, -0.1) is 0 Å². The number of esters is 1. The van der Waals surface area contributed by atoms with Gasteiger partial charge >= 0.3 is 5.97 Å². The van der Waals surface area contributed by atoms with E-state index in [0.29, 0.717) is 57.2 Å². The maximum absolute atomic E-state index is 13.9. The van der Waals surface area contributed by atoms with E-state index in [-0.39, 0.29) is 24.4 Å². The average molecular weight is 517 g/mol. The Hall–Kier alpha value is -3.90. The predicted octanol–water partition coefficient (Wildman–Crippen LogP) is 6.81. The van der Waals surface area contributed by atoms with Gasteiger partial charge in [-0.3, -0.25) is 19.3 Å². The number of anilines is 2. The van der Waals surface area contributed by atoms with Crippen LogP contribution in [0.5, 0.6) is 0 Å². The summed E-state index contributed by atoms with van der Waals surface area (Å²) in [7, 11) is 0. The molecule has 0 radical (unpaired) electrons. The number of amides is 2. The molecule has 1 N–H and O–H groups in total. The summed E-state index contributed by atoms with van der Waals surface area (Å²) in [5.74, 6) is -1.39. The lowest BCUT2D eigenvalue weighted by Crippen LogP contribution is -2.30. The number of fused-ring (bicyclic) bond motifs is 1. The molecule has 0 fully saturated rings. The zero-order valence-corrected chi connectivity index (χ0v) is 21.9. The van der Waals surface area contributed by atoms with E-state index >= 15 is 0 Å². The summed E-state index contributed by atoms with van der Waals surface area (Å²) in [6.45, 7) is 9.88. The third-order valence-electron chi connectivity index (χ3n) is 6.52. The van der Waals surface area contributed by atoms with Gasteiger partial charge in [0.2, 0.25) is 0 Å². The molecule has 6 nitrogen and oxygen atoms in total. The molecule has 0 saturated carbocycles. The van der Waals surface area contributed by atoms with E-state index in [0.717, 1.165) is 5.56 Å². The number of carbonyl (C=O) groups excluding carboxylic acids is 3. The van der Waals surface area contributed by atoms with E-state index in [4.69, 9.17) is 16.3 Å². The van der Waals surface area contributed by atoms with Crippen LogP contribution in [0.1, 0.15) is 63.1 Å². The maximum Gasteiger partial charge on any atom is 0.313 e. The molecule has 0 bridgehead atoms. The van der Waals surface area contributed by atoms with E-state index in [1.807, 2.05) is 32.0 Å². The van der Waals surface area contributed by atoms with Crippen molar-refractivity contribution in [3.05, 3.63) is 106 Å². The molecule has 1 heterocycles. The number of nitrogens with one attached hydrogen (secondary N) is 1. The smallest absolute Gasteiger partial charge is 0.313 e. The van der Waals surface area contributed by atoms with Gasteiger partial charge in [-0.05, 0) is 92.8 Å². The van der Waals surface area contributed by atoms with Crippen LogP contribution < -0.4 is 10.2 Å². The Labute approximate surface area is 221 Å². The van der Waals surface area contributed by atoms with Crippen molar-refractivity contribution in [3.63, 3.8) is 0 Å². The zero-order chi connectivity index (χ0) is 26.7. The highest BCUT2D eigenvalue weighted by Gasteiger charge is 2.34. The highest BCUT2D eigenvalue weighted by atomic mass is 35.5. The van der Waals surface area contributed by atoms with Crippen molar-refractivity contribution in [3.8, 4) is 0 Å². The van der Waals surface area contributed by atoms with Gasteiger partial charge in [0.25, 0.3) is 11.8 Å². The summed E-state index contributed by atoms with van der Waals surface area (Å²) >= 11 is 6.28. The van der Waals surface area contributed by atoms with Crippen molar-refractivity contribution < 1.29 is 19.1 Å². The molecule has 1 aliphatic heterocycles. The molecule has 7 heteroatoms. The van der Waals surface area contributed by atoms with Crippen LogP contribution in [-0.2, 0) is 9.53 Å². The second kappa shape index (κ2) is 11.0. The molecule has 1 unspecified atom stereocenters. The van der Waals surface area contributed by atoms with Crippen molar-refractivity contribution >= 4 is 40.8 Å². The summed E-state index contributed by atoms with van der Waals surface area (Å²) in [5, 5.41) is 3.38. The van der Waals surface area contributed by atoms with Crippen LogP contribution in [0.4, 0.5) is 11.4 Å². The lowest BCUT2D eigenvalue weighted by atomic mass is 9.94. The molecular weight excluding hydrogens is 488 g/mol. The first-order chi connectivity index (χ1) is 17.7. The first-order valence-electron chi connectivity index (χ1n) is 12.2. The molecule has 0 aromatic heterocycles. The highest BCUT2D eigenvalue weighted by Crippen LogP contribution is 2.41. The van der Waals surface area contributed by atoms with Crippen molar-refractivity contribution in [2.75, 3.05) is 16.8 Å². The Morgan fingerprint density at radius 3 is 2.49 bits per heavy atom. The Morgan fingerprint density at radius 2 is 1.78 bits per heavy atom. The number of aryl methyl sites for hydroxylation is 2. The van der Waals surface area contributed by atoms with Crippen LogP contribution in [0.15, 0.2) is 72.9 Å². The number of rotatable bonds is 5. The third kappa shape index (κ3) is 5.44. The van der Waals surface area contributed by atoms with Crippen LogP contribution in [-0.4, -0.2) is 24.4 Å². The van der Waals surface area contributed by atoms with Crippen molar-refractivity contribution in [2.45, 2.75) is 39.5 Å². The van der Waals surface area contributed by atoms with Gasteiger partial charge in [0.05, 0.1) is 18.2 Å². The Balaban J connectivity index is 1.66. The van der Waals surface area contributed by atoms with E-state index < -0.39 is 5.92 Å². The lowest BCUT2D eigenvalue weighted by molar-refractivity contribution is -0.145. The fourth-order valence-corrected chi connectivity index (χ4v) is 4.81. The fraction of sp³-hybridized carbons (Fsp3) is 0.233. The molecule has 4 rings (SSSR count). The number of nitrogens with zero attached hydrogens (tertiary/aromatic N) is 1. The Kier molecular flexibility index (Phi) is 7.79. The van der Waals surface area contributed by atoms with E-state index in [1.165, 1.54) is 0 Å². The molecule has 3 aromatic carbocycles. The minimum absolute atomic E-state index is 0.215. The van der Waals surface area contributed by atoms with E-state index in [1.54, 1.807) is 54.3 Å². The van der Waals surface area contributed by atoms with Crippen LogP contribution >= 0.6 is 11.6 Å². The summed E-state index contributed by atoms with van der Waals surface area (Å²) in [4.78, 5) is 40.9. The van der Waals surface area contributed by atoms with Crippen molar-refractivity contribution in [1.82, 2.24) is 0 Å². The first kappa shape index (κ1) is 26.2. The Morgan fingerprint density at radius 1 is 1.03 bits per heavy atom. The number of benzene rings is 3. The van der Waals surface area contributed by atoms with Gasteiger partial charge in [-0.2, -0.15) is 0 Å². The van der Waals surface area contributed by atoms with Crippen molar-refractivity contribution in [2.24, 2.45) is 0 Å². The minimum atomic E-state index is -0.552. The standard InChI is InChI=1S/C30H29ClN2O4/c1-5-37-30(36)25-13-10-20(4)33(27-15-11-21(31)17-26(25)27)29(35)24-14-12-22(16-19(24)3)32-28(34)23-9-7-6-8-18(23)2/h6-9,11-12,14-17,25H,4-5,10,13H2,1-3H3,(H,32,34). The largest absolute Gasteiger partial charge is 0.466 e. The summed E-state index contributed by atoms with van der Waals surface area (Å²) in [5.41, 5.74) is 5.00.